The van der Waals surface area contributed by atoms with E-state index in [1.54, 1.807) is 23.2 Å². The molecule has 12 nitrogen and oxygen atoms in total. The third-order valence-electron chi connectivity index (χ3n) is 7.72. The number of piperazine rings is 1. The second-order valence-electron chi connectivity index (χ2n) is 10.6. The number of pyridine rings is 1. The molecule has 5 aromatic rings. The fraction of sp³-hybridized carbons (Fsp3) is 0.333. The molecule has 0 saturated carbocycles. The van der Waals surface area contributed by atoms with Gasteiger partial charge < -0.3 is 18.8 Å². The molecule has 0 N–H and O–H groups in total. The van der Waals surface area contributed by atoms with Gasteiger partial charge in [0.05, 0.1) is 19.3 Å². The Labute approximate surface area is 250 Å². The summed E-state index contributed by atoms with van der Waals surface area (Å²) in [6.07, 6.45) is 2.43. The number of alkyl halides is 2. The van der Waals surface area contributed by atoms with Crippen LogP contribution >= 0.6 is 0 Å². The molecule has 5 heterocycles. The summed E-state index contributed by atoms with van der Waals surface area (Å²) < 4.78 is 43.7. The van der Waals surface area contributed by atoms with Gasteiger partial charge in [-0.05, 0) is 35.0 Å². The van der Waals surface area contributed by atoms with Gasteiger partial charge in [0, 0.05) is 50.4 Å². The molecule has 3 aromatic heterocycles. The summed E-state index contributed by atoms with van der Waals surface area (Å²) in [5.74, 6) is 1.02. The highest BCUT2D eigenvalue weighted by molar-refractivity contribution is 5.93. The number of ether oxygens (including phenoxy) is 2. The van der Waals surface area contributed by atoms with E-state index in [1.807, 2.05) is 48.5 Å². The number of amides is 1. The lowest BCUT2D eigenvalue weighted by Gasteiger charge is -2.38. The molecule has 2 aromatic carbocycles. The maximum absolute atomic E-state index is 13.5. The number of benzene rings is 2. The van der Waals surface area contributed by atoms with Crippen LogP contribution in [-0.2, 0) is 4.74 Å². The van der Waals surface area contributed by atoms with E-state index in [2.05, 4.69) is 30.3 Å². The van der Waals surface area contributed by atoms with Crippen LogP contribution in [0.3, 0.4) is 0 Å². The monoisotopic (exact) mass is 602 g/mol. The molecule has 0 radical (unpaired) electrons. The Hall–Kier alpha value is -4.82. The fourth-order valence-electron chi connectivity index (χ4n) is 5.52. The van der Waals surface area contributed by atoms with Gasteiger partial charge in [0.15, 0.2) is 11.4 Å². The predicted molar refractivity (Wildman–Crippen MR) is 152 cm³/mol. The number of carbonyl (C=O) groups excluding carboxylic acids is 1. The first-order chi connectivity index (χ1) is 21.5. The van der Waals surface area contributed by atoms with Crippen LogP contribution < -0.4 is 4.74 Å². The number of hydrogen-bond donors (Lipinski definition) is 0. The minimum absolute atomic E-state index is 0.0245. The van der Waals surface area contributed by atoms with Gasteiger partial charge in [0.1, 0.15) is 23.1 Å². The van der Waals surface area contributed by atoms with Crippen LogP contribution in [0.1, 0.15) is 40.9 Å². The maximum Gasteiger partial charge on any atom is 0.350 e. The first kappa shape index (κ1) is 28.0. The summed E-state index contributed by atoms with van der Waals surface area (Å²) in [5, 5.41) is 11.4. The number of nitrogens with zero attached hydrogens (tertiary/aromatic N) is 8. The number of halogens is 2. The largest absolute Gasteiger partial charge is 0.488 e. The number of carbonyl (C=O) groups is 1. The van der Waals surface area contributed by atoms with E-state index >= 15 is 0 Å². The smallest absolute Gasteiger partial charge is 0.350 e. The summed E-state index contributed by atoms with van der Waals surface area (Å²) in [6, 6.07) is 17.8. The molecule has 2 aliphatic heterocycles. The van der Waals surface area contributed by atoms with Crippen molar-refractivity contribution in [3.05, 3.63) is 83.9 Å². The minimum Gasteiger partial charge on any atom is -0.488 e. The van der Waals surface area contributed by atoms with Crippen LogP contribution in [0.2, 0.25) is 0 Å². The van der Waals surface area contributed by atoms with Crippen molar-refractivity contribution in [1.82, 2.24) is 40.0 Å². The molecule has 0 spiro atoms. The average molecular weight is 603 g/mol. The Morgan fingerprint density at radius 2 is 1.86 bits per heavy atom. The van der Waals surface area contributed by atoms with Crippen molar-refractivity contribution in [2.75, 3.05) is 39.4 Å². The van der Waals surface area contributed by atoms with Crippen molar-refractivity contribution >= 4 is 17.0 Å². The van der Waals surface area contributed by atoms with Crippen molar-refractivity contribution in [2.45, 2.75) is 25.1 Å². The van der Waals surface area contributed by atoms with E-state index in [1.165, 1.54) is 0 Å². The van der Waals surface area contributed by atoms with E-state index in [0.717, 1.165) is 12.0 Å². The van der Waals surface area contributed by atoms with Gasteiger partial charge in [-0.15, -0.1) is 10.2 Å². The molecule has 0 bridgehead atoms. The molecule has 14 heteroatoms. The van der Waals surface area contributed by atoms with Crippen LogP contribution in [-0.4, -0.2) is 91.4 Å². The molecule has 44 heavy (non-hydrogen) atoms. The molecule has 0 aliphatic carbocycles. The number of oxazole rings is 1. The molecule has 226 valence electrons. The molecule has 2 unspecified atom stereocenters. The SMILES string of the molecule is O=C(c1cc(-c2nc3cc(OC4CCOC4)ccc3o2)ccn1)N1CCN(C(c2ccccc2)c2nnn(C(F)F)n2)CC1. The zero-order chi connectivity index (χ0) is 30.0. The molecule has 7 rings (SSSR count). The second-order valence-corrected chi connectivity index (χ2v) is 10.6. The van der Waals surface area contributed by atoms with Crippen LogP contribution in [0.4, 0.5) is 8.78 Å². The average Bonchev–Trinajstić information content (AvgIpc) is 3.84. The third-order valence-corrected chi connectivity index (χ3v) is 7.72. The first-order valence-electron chi connectivity index (χ1n) is 14.3. The third kappa shape index (κ3) is 5.73. The number of tetrazole rings is 1. The Balaban J connectivity index is 1.05. The minimum atomic E-state index is -2.89. The molecule has 1 amide bonds. The standard InChI is InChI=1S/C30H28F2N8O4/c31-30(32)40-36-27(35-37-40)26(19-4-2-1-3-5-19)38-11-13-39(14-12-38)29(41)24-16-20(8-10-33-24)28-34-23-17-21(6-7-25(23)44-28)43-22-9-15-42-18-22/h1-8,10,16-17,22,26,30H,9,11-15,18H2. The zero-order valence-corrected chi connectivity index (χ0v) is 23.5. The Morgan fingerprint density at radius 3 is 2.61 bits per heavy atom. The molecule has 2 fully saturated rings. The highest BCUT2D eigenvalue weighted by Crippen LogP contribution is 2.30. The van der Waals surface area contributed by atoms with Crippen molar-refractivity contribution in [2.24, 2.45) is 0 Å². The lowest BCUT2D eigenvalue weighted by Crippen LogP contribution is -2.50. The van der Waals surface area contributed by atoms with Gasteiger partial charge in [-0.3, -0.25) is 14.7 Å². The Morgan fingerprint density at radius 1 is 1.02 bits per heavy atom. The van der Waals surface area contributed by atoms with Crippen molar-refractivity contribution < 1.29 is 27.5 Å². The number of fused-ring (bicyclic) bond motifs is 1. The Bertz CT molecular complexity index is 1750. The molecule has 2 atom stereocenters. The molecule has 2 aliphatic rings. The fourth-order valence-corrected chi connectivity index (χ4v) is 5.52. The van der Waals surface area contributed by atoms with E-state index in [0.29, 0.717) is 72.5 Å². The molecular weight excluding hydrogens is 574 g/mol. The summed E-state index contributed by atoms with van der Waals surface area (Å²) in [4.78, 5) is 26.5. The van der Waals surface area contributed by atoms with E-state index in [-0.39, 0.29) is 23.5 Å². The van der Waals surface area contributed by atoms with Crippen molar-refractivity contribution in [3.8, 4) is 17.2 Å². The highest BCUT2D eigenvalue weighted by atomic mass is 19.3. The Kier molecular flexibility index (Phi) is 7.66. The van der Waals surface area contributed by atoms with Crippen LogP contribution in [0.15, 0.2) is 71.3 Å². The second kappa shape index (κ2) is 12.1. The topological polar surface area (TPSA) is 125 Å². The number of hydrogen-bond acceptors (Lipinski definition) is 10. The van der Waals surface area contributed by atoms with Crippen LogP contribution in [0.25, 0.3) is 22.6 Å². The predicted octanol–water partition coefficient (Wildman–Crippen LogP) is 3.99. The van der Waals surface area contributed by atoms with Gasteiger partial charge in [0.2, 0.25) is 5.89 Å². The van der Waals surface area contributed by atoms with Gasteiger partial charge in [-0.2, -0.15) is 8.78 Å². The number of rotatable bonds is 8. The molecule has 2 saturated heterocycles. The summed E-state index contributed by atoms with van der Waals surface area (Å²) >= 11 is 0. The lowest BCUT2D eigenvalue weighted by molar-refractivity contribution is 0.0385. The van der Waals surface area contributed by atoms with E-state index in [9.17, 15) is 13.6 Å². The van der Waals surface area contributed by atoms with Gasteiger partial charge >= 0.3 is 6.55 Å². The zero-order valence-electron chi connectivity index (χ0n) is 23.5. The summed E-state index contributed by atoms with van der Waals surface area (Å²) in [6.45, 7) is 0.111. The van der Waals surface area contributed by atoms with Crippen LogP contribution in [0.5, 0.6) is 5.75 Å². The normalized spacial score (nSPS) is 18.2. The maximum atomic E-state index is 13.5. The molecular formula is C30H28F2N8O4. The van der Waals surface area contributed by atoms with Crippen molar-refractivity contribution in [1.29, 1.82) is 0 Å². The quantitative estimate of drug-likeness (QED) is 0.258. The van der Waals surface area contributed by atoms with Crippen molar-refractivity contribution in [3.63, 3.8) is 0 Å². The summed E-state index contributed by atoms with van der Waals surface area (Å²) in [5.41, 5.74) is 2.99. The van der Waals surface area contributed by atoms with Gasteiger partial charge in [-0.25, -0.2) is 4.98 Å². The van der Waals surface area contributed by atoms with Gasteiger partial charge in [0.25, 0.3) is 5.91 Å². The van der Waals surface area contributed by atoms with E-state index in [4.69, 9.17) is 13.9 Å². The lowest BCUT2D eigenvalue weighted by atomic mass is 10.0. The highest BCUT2D eigenvalue weighted by Gasteiger charge is 2.32. The van der Waals surface area contributed by atoms with Crippen LogP contribution in [0, 0.1) is 0 Å². The number of aromatic nitrogens is 6. The van der Waals surface area contributed by atoms with Gasteiger partial charge in [-0.1, -0.05) is 35.1 Å². The van der Waals surface area contributed by atoms with E-state index < -0.39 is 12.6 Å². The summed E-state index contributed by atoms with van der Waals surface area (Å²) in [7, 11) is 0. The first-order valence-corrected chi connectivity index (χ1v) is 14.3.